The van der Waals surface area contributed by atoms with Crippen LogP contribution in [0.2, 0.25) is 0 Å². The average Bonchev–Trinajstić information content (AvgIpc) is 3.13. The van der Waals surface area contributed by atoms with E-state index in [0.717, 1.165) is 34.4 Å². The lowest BCUT2D eigenvalue weighted by atomic mass is 9.93. The van der Waals surface area contributed by atoms with Gasteiger partial charge in [0, 0.05) is 16.1 Å². The highest BCUT2D eigenvalue weighted by molar-refractivity contribution is 9.10. The van der Waals surface area contributed by atoms with Gasteiger partial charge in [0.05, 0.1) is 5.75 Å². The second-order valence-corrected chi connectivity index (χ2v) is 7.91. The minimum atomic E-state index is 0.0828. The van der Waals surface area contributed by atoms with E-state index >= 15 is 0 Å². The molecule has 1 unspecified atom stereocenters. The Labute approximate surface area is 142 Å². The van der Waals surface area contributed by atoms with Crippen molar-refractivity contribution >= 4 is 33.6 Å². The van der Waals surface area contributed by atoms with Gasteiger partial charge in [-0.15, -0.1) is 11.8 Å². The van der Waals surface area contributed by atoms with Crippen LogP contribution in [0.15, 0.2) is 16.6 Å². The first kappa shape index (κ1) is 14.7. The van der Waals surface area contributed by atoms with Gasteiger partial charge in [0.1, 0.15) is 5.37 Å². The maximum Gasteiger partial charge on any atom is 0.234 e. The predicted octanol–water partition coefficient (Wildman–Crippen LogP) is 4.08. The summed E-state index contributed by atoms with van der Waals surface area (Å²) >= 11 is 5.36. The molecule has 2 heterocycles. The van der Waals surface area contributed by atoms with Crippen LogP contribution >= 0.6 is 27.7 Å². The fourth-order valence-corrected chi connectivity index (χ4v) is 5.52. The van der Waals surface area contributed by atoms with Crippen molar-refractivity contribution in [1.82, 2.24) is 4.90 Å². The van der Waals surface area contributed by atoms with Crippen molar-refractivity contribution in [3.63, 3.8) is 0 Å². The molecule has 0 spiro atoms. The lowest BCUT2D eigenvalue weighted by Gasteiger charge is -2.35. The molecule has 1 aromatic rings. The molecule has 0 N–H and O–H groups in total. The van der Waals surface area contributed by atoms with Gasteiger partial charge < -0.3 is 14.4 Å². The molecule has 1 aromatic carbocycles. The summed E-state index contributed by atoms with van der Waals surface area (Å²) in [6, 6.07) is 4.37. The molecule has 4 nitrogen and oxygen atoms in total. The van der Waals surface area contributed by atoms with Crippen LogP contribution in [0.5, 0.6) is 11.5 Å². The summed E-state index contributed by atoms with van der Waals surface area (Å²) in [5, 5.41) is 0.0828. The van der Waals surface area contributed by atoms with Gasteiger partial charge in [-0.3, -0.25) is 4.79 Å². The fraction of sp³-hybridized carbons (Fsp3) is 0.562. The van der Waals surface area contributed by atoms with E-state index in [1.165, 1.54) is 19.3 Å². The molecule has 2 aliphatic heterocycles. The third kappa shape index (κ3) is 2.50. The van der Waals surface area contributed by atoms with Gasteiger partial charge in [-0.2, -0.15) is 0 Å². The molecule has 0 radical (unpaired) electrons. The molecule has 1 saturated heterocycles. The number of benzene rings is 1. The zero-order valence-corrected chi connectivity index (χ0v) is 14.6. The van der Waals surface area contributed by atoms with E-state index in [9.17, 15) is 4.79 Å². The summed E-state index contributed by atoms with van der Waals surface area (Å²) in [5.41, 5.74) is 1.12. The van der Waals surface area contributed by atoms with Crippen LogP contribution in [0, 0.1) is 0 Å². The van der Waals surface area contributed by atoms with E-state index in [1.54, 1.807) is 11.8 Å². The highest BCUT2D eigenvalue weighted by atomic mass is 79.9. The summed E-state index contributed by atoms with van der Waals surface area (Å²) in [5.74, 6) is 2.39. The number of carbonyl (C=O) groups is 1. The van der Waals surface area contributed by atoms with Crippen LogP contribution in [-0.2, 0) is 4.79 Å². The fourth-order valence-electron chi connectivity index (χ4n) is 3.55. The molecule has 1 atom stereocenters. The third-order valence-corrected chi connectivity index (χ3v) is 6.53. The van der Waals surface area contributed by atoms with Crippen molar-refractivity contribution in [3.05, 3.63) is 22.2 Å². The maximum absolute atomic E-state index is 12.4. The number of halogens is 1. The molecule has 4 rings (SSSR count). The van der Waals surface area contributed by atoms with Crippen molar-refractivity contribution in [1.29, 1.82) is 0 Å². The molecule has 0 aromatic heterocycles. The average molecular weight is 384 g/mol. The summed E-state index contributed by atoms with van der Waals surface area (Å²) in [7, 11) is 0. The number of hydrogen-bond donors (Lipinski definition) is 0. The third-order valence-electron chi connectivity index (χ3n) is 4.63. The standard InChI is InChI=1S/C16H18BrNO3S/c17-12-7-14-13(20-9-21-14)6-11(12)16-18(15(19)8-22-16)10-4-2-1-3-5-10/h6-7,10,16H,1-5,8-9H2. The molecule has 1 aliphatic carbocycles. The molecule has 1 saturated carbocycles. The Bertz CT molecular complexity index is 603. The van der Waals surface area contributed by atoms with Gasteiger partial charge >= 0.3 is 0 Å². The molecular formula is C16H18BrNO3S. The molecule has 6 heteroatoms. The normalized spacial score (nSPS) is 25.0. The summed E-state index contributed by atoms with van der Waals surface area (Å²) < 4.78 is 11.9. The van der Waals surface area contributed by atoms with E-state index in [2.05, 4.69) is 20.8 Å². The van der Waals surface area contributed by atoms with Gasteiger partial charge in [0.25, 0.3) is 0 Å². The summed E-state index contributed by atoms with van der Waals surface area (Å²) in [6.45, 7) is 0.272. The van der Waals surface area contributed by atoms with Gasteiger partial charge in [0.2, 0.25) is 12.7 Å². The lowest BCUT2D eigenvalue weighted by Crippen LogP contribution is -2.39. The Kier molecular flexibility index (Phi) is 3.98. The largest absolute Gasteiger partial charge is 0.454 e. The second-order valence-electron chi connectivity index (χ2n) is 5.98. The first-order valence-electron chi connectivity index (χ1n) is 7.76. The number of fused-ring (bicyclic) bond motifs is 1. The Hall–Kier alpha value is -0.880. The number of thioether (sulfide) groups is 1. The second kappa shape index (κ2) is 5.96. The quantitative estimate of drug-likeness (QED) is 0.770. The summed E-state index contributed by atoms with van der Waals surface area (Å²) in [6.07, 6.45) is 6.02. The number of nitrogens with zero attached hydrogens (tertiary/aromatic N) is 1. The zero-order valence-electron chi connectivity index (χ0n) is 12.2. The van der Waals surface area contributed by atoms with Crippen LogP contribution in [0.25, 0.3) is 0 Å². The Morgan fingerprint density at radius 2 is 1.86 bits per heavy atom. The summed E-state index contributed by atoms with van der Waals surface area (Å²) in [4.78, 5) is 14.6. The minimum Gasteiger partial charge on any atom is -0.454 e. The highest BCUT2D eigenvalue weighted by Gasteiger charge is 2.39. The van der Waals surface area contributed by atoms with Crippen LogP contribution < -0.4 is 9.47 Å². The Morgan fingerprint density at radius 1 is 1.14 bits per heavy atom. The van der Waals surface area contributed by atoms with Crippen LogP contribution in [0.4, 0.5) is 0 Å². The molecule has 1 amide bonds. The molecule has 22 heavy (non-hydrogen) atoms. The van der Waals surface area contributed by atoms with Crippen molar-refractivity contribution in [2.75, 3.05) is 12.5 Å². The van der Waals surface area contributed by atoms with E-state index in [1.807, 2.05) is 12.1 Å². The number of ether oxygens (including phenoxy) is 2. The van der Waals surface area contributed by atoms with Crippen molar-refractivity contribution < 1.29 is 14.3 Å². The molecule has 2 fully saturated rings. The number of hydrogen-bond acceptors (Lipinski definition) is 4. The van der Waals surface area contributed by atoms with Gasteiger partial charge in [-0.1, -0.05) is 35.2 Å². The SMILES string of the molecule is O=C1CSC(c2cc3c(cc2Br)OCO3)N1C1CCCCC1. The van der Waals surface area contributed by atoms with Crippen molar-refractivity contribution in [2.45, 2.75) is 43.5 Å². The van der Waals surface area contributed by atoms with Gasteiger partial charge in [-0.05, 0) is 25.0 Å². The topological polar surface area (TPSA) is 38.8 Å². The predicted molar refractivity (Wildman–Crippen MR) is 89.2 cm³/mol. The van der Waals surface area contributed by atoms with Gasteiger partial charge in [0.15, 0.2) is 11.5 Å². The van der Waals surface area contributed by atoms with E-state index in [0.29, 0.717) is 11.8 Å². The van der Waals surface area contributed by atoms with Crippen molar-refractivity contribution in [2.24, 2.45) is 0 Å². The van der Waals surface area contributed by atoms with Crippen LogP contribution in [0.3, 0.4) is 0 Å². The Morgan fingerprint density at radius 3 is 2.64 bits per heavy atom. The molecule has 118 valence electrons. The van der Waals surface area contributed by atoms with Crippen LogP contribution in [-0.4, -0.2) is 29.4 Å². The molecule has 0 bridgehead atoms. The van der Waals surface area contributed by atoms with E-state index < -0.39 is 0 Å². The number of rotatable bonds is 2. The first-order chi connectivity index (χ1) is 10.7. The van der Waals surface area contributed by atoms with E-state index in [-0.39, 0.29) is 18.1 Å². The highest BCUT2D eigenvalue weighted by Crippen LogP contribution is 2.48. The van der Waals surface area contributed by atoms with Gasteiger partial charge in [-0.25, -0.2) is 0 Å². The molecule has 3 aliphatic rings. The lowest BCUT2D eigenvalue weighted by molar-refractivity contribution is -0.131. The minimum absolute atomic E-state index is 0.0828. The Balaban J connectivity index is 1.67. The van der Waals surface area contributed by atoms with Crippen molar-refractivity contribution in [3.8, 4) is 11.5 Å². The smallest absolute Gasteiger partial charge is 0.234 e. The number of carbonyl (C=O) groups excluding carboxylic acids is 1. The van der Waals surface area contributed by atoms with Crippen LogP contribution in [0.1, 0.15) is 43.0 Å². The monoisotopic (exact) mass is 383 g/mol. The van der Waals surface area contributed by atoms with E-state index in [4.69, 9.17) is 9.47 Å². The number of amides is 1. The zero-order chi connectivity index (χ0) is 15.1. The first-order valence-corrected chi connectivity index (χ1v) is 9.60. The maximum atomic E-state index is 12.4. The molecular weight excluding hydrogens is 366 g/mol.